The Morgan fingerprint density at radius 2 is 1.31 bits per heavy atom. The normalized spacial score (nSPS) is 30.2. The Hall–Kier alpha value is -0.0400. The van der Waals surface area contributed by atoms with Gasteiger partial charge in [0.1, 0.15) is 0 Å². The number of nitrogens with two attached hydrogens (primary N) is 1. The molecule has 0 unspecified atom stereocenters. The second-order valence-corrected chi connectivity index (χ2v) is 5.25. The Morgan fingerprint density at radius 3 is 1.85 bits per heavy atom. The second-order valence-electron chi connectivity index (χ2n) is 5.25. The van der Waals surface area contributed by atoms with Crippen molar-refractivity contribution < 1.29 is 0 Å². The predicted octanol–water partition coefficient (Wildman–Crippen LogP) is 3.23. The molecule has 2 rings (SSSR count). The Kier molecular flexibility index (Phi) is 2.92. The van der Waals surface area contributed by atoms with E-state index in [1.54, 1.807) is 0 Å². The minimum atomic E-state index is 0.522. The number of hydrogen-bond donors (Lipinski definition) is 1. The molecule has 0 heterocycles. The molecule has 2 fully saturated rings. The molecule has 0 aromatic rings. The topological polar surface area (TPSA) is 26.0 Å². The molecule has 0 bridgehead atoms. The fourth-order valence-corrected chi connectivity index (χ4v) is 3.23. The monoisotopic (exact) mass is 181 g/mol. The maximum absolute atomic E-state index is 5.96. The van der Waals surface area contributed by atoms with Gasteiger partial charge in [-0.3, -0.25) is 0 Å². The molecular formula is C12H23N. The zero-order chi connectivity index (χ0) is 9.15. The molecular weight excluding hydrogens is 158 g/mol. The molecule has 2 saturated carbocycles. The summed E-state index contributed by atoms with van der Waals surface area (Å²) in [6.45, 7) is 0. The molecule has 2 N–H and O–H groups in total. The highest BCUT2D eigenvalue weighted by Gasteiger charge is 2.34. The van der Waals surface area contributed by atoms with Crippen molar-refractivity contribution in [2.45, 2.75) is 70.3 Å². The maximum Gasteiger partial charge on any atom is 0.00392 e. The zero-order valence-electron chi connectivity index (χ0n) is 8.73. The molecule has 0 radical (unpaired) electrons. The predicted molar refractivity (Wildman–Crippen MR) is 56.6 cm³/mol. The van der Waals surface area contributed by atoms with Gasteiger partial charge in [-0.15, -0.1) is 0 Å². The van der Waals surface area contributed by atoms with Gasteiger partial charge in [-0.2, -0.15) is 0 Å². The smallest absolute Gasteiger partial charge is 0.00392 e. The van der Waals surface area contributed by atoms with Crippen molar-refractivity contribution in [3.05, 3.63) is 0 Å². The van der Waals surface area contributed by atoms with E-state index in [4.69, 9.17) is 5.73 Å². The summed E-state index contributed by atoms with van der Waals surface area (Å²) in [7, 11) is 0. The number of rotatable bonds is 0. The van der Waals surface area contributed by atoms with Crippen molar-refractivity contribution in [3.8, 4) is 0 Å². The number of hydrogen-bond acceptors (Lipinski definition) is 1. The van der Waals surface area contributed by atoms with Gasteiger partial charge in [-0.05, 0) is 43.9 Å². The standard InChI is InChI=1S/C12H23N/c13-11-5-9-12(10-6-11)7-3-1-2-4-8-12/h11H,1-10,13H2. The highest BCUT2D eigenvalue weighted by molar-refractivity contribution is 4.88. The Balaban J connectivity index is 1.93. The third-order valence-corrected chi connectivity index (χ3v) is 4.26. The lowest BCUT2D eigenvalue weighted by Gasteiger charge is -2.38. The molecule has 0 aliphatic heterocycles. The van der Waals surface area contributed by atoms with Crippen LogP contribution in [0.15, 0.2) is 0 Å². The van der Waals surface area contributed by atoms with Gasteiger partial charge in [-0.25, -0.2) is 0 Å². The first-order valence-corrected chi connectivity index (χ1v) is 6.06. The largest absolute Gasteiger partial charge is 0.328 e. The molecule has 13 heavy (non-hydrogen) atoms. The van der Waals surface area contributed by atoms with E-state index in [0.717, 1.165) is 5.41 Å². The summed E-state index contributed by atoms with van der Waals surface area (Å²) in [5.74, 6) is 0. The molecule has 0 aromatic heterocycles. The fraction of sp³-hybridized carbons (Fsp3) is 1.00. The van der Waals surface area contributed by atoms with E-state index in [1.165, 1.54) is 64.2 Å². The minimum Gasteiger partial charge on any atom is -0.328 e. The van der Waals surface area contributed by atoms with Crippen molar-refractivity contribution in [2.75, 3.05) is 0 Å². The van der Waals surface area contributed by atoms with Crippen LogP contribution in [0.2, 0.25) is 0 Å². The summed E-state index contributed by atoms with van der Waals surface area (Å²) in [4.78, 5) is 0. The van der Waals surface area contributed by atoms with Gasteiger partial charge in [-0.1, -0.05) is 25.7 Å². The van der Waals surface area contributed by atoms with E-state index in [0.29, 0.717) is 6.04 Å². The van der Waals surface area contributed by atoms with E-state index in [2.05, 4.69) is 0 Å². The van der Waals surface area contributed by atoms with Gasteiger partial charge in [0.2, 0.25) is 0 Å². The Bertz CT molecular complexity index is 147. The van der Waals surface area contributed by atoms with Crippen LogP contribution >= 0.6 is 0 Å². The van der Waals surface area contributed by atoms with Crippen molar-refractivity contribution in [1.82, 2.24) is 0 Å². The first-order chi connectivity index (χ1) is 6.31. The SMILES string of the molecule is NC1CCC2(CCCCCC2)CC1. The summed E-state index contributed by atoms with van der Waals surface area (Å²) in [6.07, 6.45) is 14.4. The average Bonchev–Trinajstić information content (AvgIpc) is 2.37. The van der Waals surface area contributed by atoms with E-state index < -0.39 is 0 Å². The van der Waals surface area contributed by atoms with E-state index >= 15 is 0 Å². The first kappa shape index (κ1) is 9.51. The zero-order valence-corrected chi connectivity index (χ0v) is 8.73. The van der Waals surface area contributed by atoms with Crippen LogP contribution in [-0.4, -0.2) is 6.04 Å². The first-order valence-electron chi connectivity index (χ1n) is 6.06. The molecule has 0 saturated heterocycles. The van der Waals surface area contributed by atoms with Crippen LogP contribution in [-0.2, 0) is 0 Å². The molecule has 1 nitrogen and oxygen atoms in total. The quantitative estimate of drug-likeness (QED) is 0.610. The van der Waals surface area contributed by atoms with Crippen LogP contribution in [0.5, 0.6) is 0 Å². The summed E-state index contributed by atoms with van der Waals surface area (Å²) < 4.78 is 0. The lowest BCUT2D eigenvalue weighted by Crippen LogP contribution is -2.33. The third kappa shape index (κ3) is 2.25. The molecule has 0 aromatic carbocycles. The van der Waals surface area contributed by atoms with Crippen molar-refractivity contribution in [2.24, 2.45) is 11.1 Å². The Labute approximate surface area is 82.1 Å². The summed E-state index contributed by atoms with van der Waals surface area (Å²) in [5, 5.41) is 0. The maximum atomic E-state index is 5.96. The molecule has 76 valence electrons. The van der Waals surface area contributed by atoms with Gasteiger partial charge >= 0.3 is 0 Å². The highest BCUT2D eigenvalue weighted by Crippen LogP contribution is 2.45. The van der Waals surface area contributed by atoms with Crippen LogP contribution in [0.25, 0.3) is 0 Å². The van der Waals surface area contributed by atoms with Gasteiger partial charge < -0.3 is 5.73 Å². The van der Waals surface area contributed by atoms with Crippen molar-refractivity contribution in [3.63, 3.8) is 0 Å². The molecule has 2 aliphatic carbocycles. The van der Waals surface area contributed by atoms with E-state index in [1.807, 2.05) is 0 Å². The van der Waals surface area contributed by atoms with Crippen LogP contribution in [0.4, 0.5) is 0 Å². The lowest BCUT2D eigenvalue weighted by atomic mass is 9.68. The van der Waals surface area contributed by atoms with Crippen molar-refractivity contribution in [1.29, 1.82) is 0 Å². The third-order valence-electron chi connectivity index (χ3n) is 4.26. The molecule has 0 atom stereocenters. The molecule has 1 spiro atoms. The van der Waals surface area contributed by atoms with E-state index in [-0.39, 0.29) is 0 Å². The van der Waals surface area contributed by atoms with Crippen LogP contribution in [0.1, 0.15) is 64.2 Å². The average molecular weight is 181 g/mol. The van der Waals surface area contributed by atoms with Crippen LogP contribution in [0.3, 0.4) is 0 Å². The summed E-state index contributed by atoms with van der Waals surface area (Å²) in [6, 6.07) is 0.522. The molecule has 1 heteroatoms. The van der Waals surface area contributed by atoms with Gasteiger partial charge in [0.15, 0.2) is 0 Å². The van der Waals surface area contributed by atoms with Crippen LogP contribution < -0.4 is 5.73 Å². The lowest BCUT2D eigenvalue weighted by molar-refractivity contribution is 0.149. The minimum absolute atomic E-state index is 0.522. The highest BCUT2D eigenvalue weighted by atomic mass is 14.6. The van der Waals surface area contributed by atoms with Gasteiger partial charge in [0.25, 0.3) is 0 Å². The Morgan fingerprint density at radius 1 is 0.769 bits per heavy atom. The van der Waals surface area contributed by atoms with Crippen molar-refractivity contribution >= 4 is 0 Å². The summed E-state index contributed by atoms with van der Waals surface area (Å²) in [5.41, 5.74) is 6.71. The van der Waals surface area contributed by atoms with Gasteiger partial charge in [0, 0.05) is 6.04 Å². The molecule has 0 amide bonds. The molecule has 2 aliphatic rings. The van der Waals surface area contributed by atoms with E-state index in [9.17, 15) is 0 Å². The van der Waals surface area contributed by atoms with Crippen LogP contribution in [0, 0.1) is 5.41 Å². The second kappa shape index (κ2) is 4.00. The van der Waals surface area contributed by atoms with Gasteiger partial charge in [0.05, 0.1) is 0 Å². The summed E-state index contributed by atoms with van der Waals surface area (Å²) >= 11 is 0. The fourth-order valence-electron chi connectivity index (χ4n) is 3.23.